The fourth-order valence-electron chi connectivity index (χ4n) is 1.30. The molecule has 0 spiro atoms. The van der Waals surface area contributed by atoms with E-state index in [0.717, 1.165) is 6.42 Å². The Morgan fingerprint density at radius 1 is 1.36 bits per heavy atom. The van der Waals surface area contributed by atoms with Crippen molar-refractivity contribution < 1.29 is 5.11 Å². The van der Waals surface area contributed by atoms with E-state index in [4.69, 9.17) is 5.26 Å². The summed E-state index contributed by atoms with van der Waals surface area (Å²) >= 11 is 0. The first-order chi connectivity index (χ1) is 6.74. The van der Waals surface area contributed by atoms with Crippen LogP contribution in [-0.4, -0.2) is 11.2 Å². The number of aryl methyl sites for hydroxylation is 1. The van der Waals surface area contributed by atoms with Gasteiger partial charge in [0.05, 0.1) is 18.1 Å². The average Bonchev–Trinajstić information content (AvgIpc) is 2.26. The molecule has 0 aromatic heterocycles. The average molecular weight is 189 g/mol. The maximum absolute atomic E-state index is 9.56. The predicted molar refractivity (Wildman–Crippen MR) is 55.5 cm³/mol. The van der Waals surface area contributed by atoms with E-state index in [-0.39, 0.29) is 5.92 Å². The highest BCUT2D eigenvalue weighted by atomic mass is 16.3. The van der Waals surface area contributed by atoms with Gasteiger partial charge < -0.3 is 5.11 Å². The van der Waals surface area contributed by atoms with Crippen molar-refractivity contribution in [2.45, 2.75) is 25.9 Å². The number of hydrogen-bond acceptors (Lipinski definition) is 2. The van der Waals surface area contributed by atoms with Crippen LogP contribution in [0.4, 0.5) is 0 Å². The van der Waals surface area contributed by atoms with Crippen LogP contribution in [-0.2, 0) is 6.42 Å². The molecule has 0 aliphatic rings. The minimum Gasteiger partial charge on any atom is -0.392 e. The molecular weight excluding hydrogens is 174 g/mol. The van der Waals surface area contributed by atoms with Gasteiger partial charge in [-0.15, -0.1) is 0 Å². The van der Waals surface area contributed by atoms with Crippen molar-refractivity contribution in [1.82, 2.24) is 0 Å². The number of rotatable bonds is 4. The molecule has 0 amide bonds. The summed E-state index contributed by atoms with van der Waals surface area (Å²) in [6, 6.07) is 12.0. The normalized spacial score (nSPS) is 14.4. The molecule has 2 heteroatoms. The SMILES string of the molecule is CC(C#N)C(O)CCc1ccccc1. The Morgan fingerprint density at radius 3 is 2.57 bits per heavy atom. The Kier molecular flexibility index (Phi) is 4.15. The molecule has 2 unspecified atom stereocenters. The maximum Gasteiger partial charge on any atom is 0.0698 e. The monoisotopic (exact) mass is 189 g/mol. The second-order valence-corrected chi connectivity index (χ2v) is 3.51. The number of aliphatic hydroxyl groups excluding tert-OH is 1. The van der Waals surface area contributed by atoms with Gasteiger partial charge in [-0.3, -0.25) is 0 Å². The lowest BCUT2D eigenvalue weighted by molar-refractivity contribution is 0.131. The Bertz CT molecular complexity index is 302. The number of nitrogens with zero attached hydrogens (tertiary/aromatic N) is 1. The molecule has 74 valence electrons. The molecule has 0 heterocycles. The molecule has 0 aliphatic heterocycles. The van der Waals surface area contributed by atoms with Gasteiger partial charge in [0.1, 0.15) is 0 Å². The van der Waals surface area contributed by atoms with Crippen LogP contribution in [0.2, 0.25) is 0 Å². The lowest BCUT2D eigenvalue weighted by Gasteiger charge is -2.11. The van der Waals surface area contributed by atoms with E-state index in [0.29, 0.717) is 6.42 Å². The molecule has 0 fully saturated rings. The van der Waals surface area contributed by atoms with Crippen LogP contribution in [0.5, 0.6) is 0 Å². The zero-order chi connectivity index (χ0) is 10.4. The molecule has 1 aromatic carbocycles. The highest BCUT2D eigenvalue weighted by molar-refractivity contribution is 5.14. The third kappa shape index (κ3) is 3.20. The summed E-state index contributed by atoms with van der Waals surface area (Å²) in [4.78, 5) is 0. The molecule has 0 radical (unpaired) electrons. The van der Waals surface area contributed by atoms with Gasteiger partial charge in [-0.1, -0.05) is 30.3 Å². The van der Waals surface area contributed by atoms with E-state index in [1.807, 2.05) is 30.3 Å². The number of aliphatic hydroxyl groups is 1. The summed E-state index contributed by atoms with van der Waals surface area (Å²) in [6.07, 6.45) is 0.965. The summed E-state index contributed by atoms with van der Waals surface area (Å²) in [5.74, 6) is -0.279. The van der Waals surface area contributed by atoms with Crippen molar-refractivity contribution in [1.29, 1.82) is 5.26 Å². The molecule has 0 saturated carbocycles. The molecule has 1 N–H and O–H groups in total. The van der Waals surface area contributed by atoms with E-state index in [1.54, 1.807) is 6.92 Å². The Morgan fingerprint density at radius 2 is 2.00 bits per heavy atom. The maximum atomic E-state index is 9.56. The Hall–Kier alpha value is -1.33. The van der Waals surface area contributed by atoms with Crippen molar-refractivity contribution in [3.05, 3.63) is 35.9 Å². The first kappa shape index (κ1) is 10.7. The van der Waals surface area contributed by atoms with Gasteiger partial charge in [0.15, 0.2) is 0 Å². The summed E-state index contributed by atoms with van der Waals surface area (Å²) in [5, 5.41) is 18.1. The van der Waals surface area contributed by atoms with Crippen LogP contribution >= 0.6 is 0 Å². The van der Waals surface area contributed by atoms with Crippen LogP contribution in [0.15, 0.2) is 30.3 Å². The lowest BCUT2D eigenvalue weighted by Crippen LogP contribution is -2.16. The quantitative estimate of drug-likeness (QED) is 0.788. The molecule has 0 saturated heterocycles. The van der Waals surface area contributed by atoms with Crippen molar-refractivity contribution in [2.24, 2.45) is 5.92 Å². The molecule has 1 aromatic rings. The van der Waals surface area contributed by atoms with E-state index >= 15 is 0 Å². The van der Waals surface area contributed by atoms with Crippen molar-refractivity contribution in [3.8, 4) is 6.07 Å². The molecular formula is C12H15NO. The lowest BCUT2D eigenvalue weighted by atomic mass is 9.99. The summed E-state index contributed by atoms with van der Waals surface area (Å²) in [6.45, 7) is 1.75. The topological polar surface area (TPSA) is 44.0 Å². The second-order valence-electron chi connectivity index (χ2n) is 3.51. The van der Waals surface area contributed by atoms with Crippen LogP contribution in [0.1, 0.15) is 18.9 Å². The molecule has 14 heavy (non-hydrogen) atoms. The van der Waals surface area contributed by atoms with Crippen LogP contribution in [0.25, 0.3) is 0 Å². The third-order valence-corrected chi connectivity index (χ3v) is 2.35. The molecule has 0 bridgehead atoms. The number of benzene rings is 1. The highest BCUT2D eigenvalue weighted by Gasteiger charge is 2.12. The molecule has 2 nitrogen and oxygen atoms in total. The van der Waals surface area contributed by atoms with Gasteiger partial charge in [-0.25, -0.2) is 0 Å². The molecule has 0 aliphatic carbocycles. The highest BCUT2D eigenvalue weighted by Crippen LogP contribution is 2.10. The largest absolute Gasteiger partial charge is 0.392 e. The van der Waals surface area contributed by atoms with E-state index in [2.05, 4.69) is 6.07 Å². The van der Waals surface area contributed by atoms with Gasteiger partial charge in [0.2, 0.25) is 0 Å². The zero-order valence-electron chi connectivity index (χ0n) is 8.35. The van der Waals surface area contributed by atoms with Gasteiger partial charge in [0.25, 0.3) is 0 Å². The van der Waals surface area contributed by atoms with Crippen molar-refractivity contribution >= 4 is 0 Å². The van der Waals surface area contributed by atoms with Crippen molar-refractivity contribution in [2.75, 3.05) is 0 Å². The minimum absolute atomic E-state index is 0.279. The third-order valence-electron chi connectivity index (χ3n) is 2.35. The fraction of sp³-hybridized carbons (Fsp3) is 0.417. The fourth-order valence-corrected chi connectivity index (χ4v) is 1.30. The smallest absolute Gasteiger partial charge is 0.0698 e. The predicted octanol–water partition coefficient (Wildman–Crippen LogP) is 2.14. The first-order valence-electron chi connectivity index (χ1n) is 4.85. The number of nitriles is 1. The van der Waals surface area contributed by atoms with Crippen LogP contribution in [0.3, 0.4) is 0 Å². The van der Waals surface area contributed by atoms with E-state index in [9.17, 15) is 5.11 Å². The molecule has 2 atom stereocenters. The summed E-state index contributed by atoms with van der Waals surface area (Å²) in [5.41, 5.74) is 1.21. The summed E-state index contributed by atoms with van der Waals surface area (Å²) < 4.78 is 0. The van der Waals surface area contributed by atoms with Crippen molar-refractivity contribution in [3.63, 3.8) is 0 Å². The van der Waals surface area contributed by atoms with E-state index < -0.39 is 6.10 Å². The van der Waals surface area contributed by atoms with Gasteiger partial charge in [0, 0.05) is 0 Å². The second kappa shape index (κ2) is 5.41. The minimum atomic E-state index is -0.514. The van der Waals surface area contributed by atoms with Gasteiger partial charge in [-0.2, -0.15) is 5.26 Å². The van der Waals surface area contributed by atoms with Crippen LogP contribution < -0.4 is 0 Å². The molecule has 1 rings (SSSR count). The first-order valence-corrected chi connectivity index (χ1v) is 4.85. The summed E-state index contributed by atoms with van der Waals surface area (Å²) in [7, 11) is 0. The standard InChI is InChI=1S/C12H15NO/c1-10(9-13)12(14)8-7-11-5-3-2-4-6-11/h2-6,10,12,14H,7-8H2,1H3. The van der Waals surface area contributed by atoms with Crippen LogP contribution in [0, 0.1) is 17.2 Å². The van der Waals surface area contributed by atoms with E-state index in [1.165, 1.54) is 5.56 Å². The number of hydrogen-bond donors (Lipinski definition) is 1. The van der Waals surface area contributed by atoms with Gasteiger partial charge >= 0.3 is 0 Å². The van der Waals surface area contributed by atoms with Gasteiger partial charge in [-0.05, 0) is 25.3 Å². The Labute approximate surface area is 84.8 Å². The Balaban J connectivity index is 2.39. The zero-order valence-corrected chi connectivity index (χ0v) is 8.35.